The fourth-order valence-corrected chi connectivity index (χ4v) is 3.48. The highest BCUT2D eigenvalue weighted by atomic mass is 19.1. The van der Waals surface area contributed by atoms with E-state index in [-0.39, 0.29) is 29.4 Å². The molecule has 0 saturated heterocycles. The Morgan fingerprint density at radius 2 is 2.06 bits per heavy atom. The van der Waals surface area contributed by atoms with Crippen molar-refractivity contribution in [3.05, 3.63) is 96.8 Å². The van der Waals surface area contributed by atoms with Crippen LogP contribution in [-0.4, -0.2) is 25.5 Å². The van der Waals surface area contributed by atoms with Gasteiger partial charge in [0.25, 0.3) is 5.56 Å². The maximum Gasteiger partial charge on any atom is 0.329 e. The molecule has 2 aromatic heterocycles. The summed E-state index contributed by atoms with van der Waals surface area (Å²) in [6, 6.07) is 9.60. The zero-order chi connectivity index (χ0) is 22.7. The summed E-state index contributed by atoms with van der Waals surface area (Å²) in [6.07, 6.45) is 1.27. The minimum Gasteiger partial charge on any atom is -0.410 e. The lowest BCUT2D eigenvalue weighted by molar-refractivity contribution is 0.319. The molecule has 1 aromatic carbocycles. The van der Waals surface area contributed by atoms with Crippen LogP contribution in [0.5, 0.6) is 0 Å². The number of rotatable bonds is 5. The molecule has 2 heterocycles. The van der Waals surface area contributed by atoms with E-state index in [1.807, 2.05) is 6.07 Å². The smallest absolute Gasteiger partial charge is 0.329 e. The molecular formula is C22H20FN5O3. The standard InChI is InChI=1S/C22H20FN5O3/c1-12(2)18-20(19(27-31)16-7-13(3)6-15(8-16)10-24)28(22(30)26-21(18)29)11-14-4-5-25-17(23)9-14/h4-9,12,31H,11H2,1-3H3,(H,26,29,30)/b27-19+. The number of nitriles is 1. The highest BCUT2D eigenvalue weighted by molar-refractivity contribution is 6.12. The van der Waals surface area contributed by atoms with E-state index in [0.29, 0.717) is 16.7 Å². The Kier molecular flexibility index (Phi) is 6.11. The van der Waals surface area contributed by atoms with Gasteiger partial charge in [-0.25, -0.2) is 9.78 Å². The fraction of sp³-hybridized carbons (Fsp3) is 0.227. The topological polar surface area (TPSA) is 124 Å². The second kappa shape index (κ2) is 8.75. The summed E-state index contributed by atoms with van der Waals surface area (Å²) in [5.41, 5.74) is 0.782. The van der Waals surface area contributed by atoms with Crippen LogP contribution in [0.25, 0.3) is 0 Å². The number of pyridine rings is 1. The number of aromatic amines is 1. The zero-order valence-electron chi connectivity index (χ0n) is 17.2. The van der Waals surface area contributed by atoms with Crippen LogP contribution < -0.4 is 11.2 Å². The molecule has 2 N–H and O–H groups in total. The van der Waals surface area contributed by atoms with Crippen LogP contribution in [0, 0.1) is 24.2 Å². The minimum absolute atomic E-state index is 0.0402. The third kappa shape index (κ3) is 4.43. The Hall–Kier alpha value is -4.06. The molecule has 0 spiro atoms. The number of hydrogen-bond acceptors (Lipinski definition) is 6. The largest absolute Gasteiger partial charge is 0.410 e. The number of halogens is 1. The van der Waals surface area contributed by atoms with Crippen LogP contribution in [0.15, 0.2) is 51.3 Å². The first-order valence-electron chi connectivity index (χ1n) is 9.47. The summed E-state index contributed by atoms with van der Waals surface area (Å²) in [6.45, 7) is 5.20. The molecule has 0 radical (unpaired) electrons. The van der Waals surface area contributed by atoms with Crippen molar-refractivity contribution in [2.24, 2.45) is 5.16 Å². The van der Waals surface area contributed by atoms with E-state index in [4.69, 9.17) is 0 Å². The predicted molar refractivity (Wildman–Crippen MR) is 112 cm³/mol. The Morgan fingerprint density at radius 1 is 1.32 bits per heavy atom. The van der Waals surface area contributed by atoms with Gasteiger partial charge < -0.3 is 5.21 Å². The van der Waals surface area contributed by atoms with Crippen molar-refractivity contribution >= 4 is 5.71 Å². The molecule has 0 saturated carbocycles. The summed E-state index contributed by atoms with van der Waals surface area (Å²) in [4.78, 5) is 31.2. The van der Waals surface area contributed by atoms with Crippen LogP contribution >= 0.6 is 0 Å². The van der Waals surface area contributed by atoms with Gasteiger partial charge in [0.05, 0.1) is 23.9 Å². The molecule has 158 valence electrons. The van der Waals surface area contributed by atoms with Crippen LogP contribution in [-0.2, 0) is 6.54 Å². The second-order valence-electron chi connectivity index (χ2n) is 7.40. The van der Waals surface area contributed by atoms with Crippen LogP contribution in [0.1, 0.15) is 53.3 Å². The lowest BCUT2D eigenvalue weighted by Crippen LogP contribution is -2.38. The van der Waals surface area contributed by atoms with E-state index in [1.165, 1.54) is 29.0 Å². The number of H-pyrrole nitrogens is 1. The van der Waals surface area contributed by atoms with E-state index < -0.39 is 17.2 Å². The minimum atomic E-state index is -0.740. The Bertz CT molecular complexity index is 1330. The molecule has 0 aliphatic heterocycles. The van der Waals surface area contributed by atoms with Crippen LogP contribution in [0.3, 0.4) is 0 Å². The lowest BCUT2D eigenvalue weighted by Gasteiger charge is -2.19. The third-order valence-electron chi connectivity index (χ3n) is 4.75. The maximum absolute atomic E-state index is 13.6. The van der Waals surface area contributed by atoms with Crippen LogP contribution in [0.4, 0.5) is 4.39 Å². The number of hydrogen-bond donors (Lipinski definition) is 2. The number of aryl methyl sites for hydroxylation is 1. The second-order valence-corrected chi connectivity index (χ2v) is 7.40. The van der Waals surface area contributed by atoms with Gasteiger partial charge in [-0.3, -0.25) is 14.3 Å². The molecule has 0 unspecified atom stereocenters. The van der Waals surface area contributed by atoms with Gasteiger partial charge >= 0.3 is 5.69 Å². The number of nitrogens with one attached hydrogen (secondary N) is 1. The maximum atomic E-state index is 13.6. The summed E-state index contributed by atoms with van der Waals surface area (Å²) >= 11 is 0. The third-order valence-corrected chi connectivity index (χ3v) is 4.75. The Morgan fingerprint density at radius 3 is 2.68 bits per heavy atom. The van der Waals surface area contributed by atoms with Crippen molar-refractivity contribution in [3.63, 3.8) is 0 Å². The van der Waals surface area contributed by atoms with E-state index in [9.17, 15) is 24.4 Å². The first-order valence-corrected chi connectivity index (χ1v) is 9.47. The van der Waals surface area contributed by atoms with Gasteiger partial charge in [0.2, 0.25) is 5.95 Å². The SMILES string of the molecule is Cc1cc(C#N)cc(/C(=N\O)c2c(C(C)C)c(=O)[nH]c(=O)n2Cc2ccnc(F)c2)c1. The highest BCUT2D eigenvalue weighted by Crippen LogP contribution is 2.21. The lowest BCUT2D eigenvalue weighted by atomic mass is 9.94. The monoisotopic (exact) mass is 421 g/mol. The molecule has 0 bridgehead atoms. The predicted octanol–water partition coefficient (Wildman–Crippen LogP) is 2.65. The molecule has 31 heavy (non-hydrogen) atoms. The first kappa shape index (κ1) is 21.6. The van der Waals surface area contributed by atoms with Crippen molar-refractivity contribution < 1.29 is 9.60 Å². The molecule has 3 aromatic rings. The normalized spacial score (nSPS) is 11.5. The number of nitrogens with zero attached hydrogens (tertiary/aromatic N) is 4. The van der Waals surface area contributed by atoms with Crippen molar-refractivity contribution in [1.29, 1.82) is 5.26 Å². The van der Waals surface area contributed by atoms with Crippen molar-refractivity contribution in [2.75, 3.05) is 0 Å². The Balaban J connectivity index is 2.35. The van der Waals surface area contributed by atoms with Gasteiger partial charge in [0, 0.05) is 17.3 Å². The fourth-order valence-electron chi connectivity index (χ4n) is 3.48. The molecule has 3 rings (SSSR count). The van der Waals surface area contributed by atoms with Gasteiger partial charge in [-0.05, 0) is 54.3 Å². The van der Waals surface area contributed by atoms with Gasteiger partial charge in [-0.1, -0.05) is 19.0 Å². The van der Waals surface area contributed by atoms with Gasteiger partial charge in [0.15, 0.2) is 0 Å². The summed E-state index contributed by atoms with van der Waals surface area (Å²) in [7, 11) is 0. The molecule has 0 atom stereocenters. The summed E-state index contributed by atoms with van der Waals surface area (Å²) in [5, 5.41) is 22.6. The molecule has 0 aliphatic rings. The molecule has 0 amide bonds. The molecule has 0 fully saturated rings. The average Bonchev–Trinajstić information content (AvgIpc) is 2.70. The van der Waals surface area contributed by atoms with Crippen LogP contribution in [0.2, 0.25) is 0 Å². The molecular weight excluding hydrogens is 401 g/mol. The van der Waals surface area contributed by atoms with Crippen molar-refractivity contribution in [1.82, 2.24) is 14.5 Å². The number of oxime groups is 1. The number of benzene rings is 1. The quantitative estimate of drug-likeness (QED) is 0.284. The average molecular weight is 421 g/mol. The molecule has 0 aliphatic carbocycles. The van der Waals surface area contributed by atoms with Crippen molar-refractivity contribution in [3.8, 4) is 6.07 Å². The zero-order valence-corrected chi connectivity index (χ0v) is 17.2. The van der Waals surface area contributed by atoms with Crippen molar-refractivity contribution in [2.45, 2.75) is 33.2 Å². The van der Waals surface area contributed by atoms with Gasteiger partial charge in [0.1, 0.15) is 5.71 Å². The van der Waals surface area contributed by atoms with E-state index in [1.54, 1.807) is 32.9 Å². The summed E-state index contributed by atoms with van der Waals surface area (Å²) in [5.74, 6) is -1.05. The van der Waals surface area contributed by atoms with E-state index >= 15 is 0 Å². The molecule has 8 nitrogen and oxygen atoms in total. The molecule has 9 heteroatoms. The number of aromatic nitrogens is 3. The van der Waals surface area contributed by atoms with E-state index in [2.05, 4.69) is 15.1 Å². The first-order chi connectivity index (χ1) is 14.7. The van der Waals surface area contributed by atoms with Gasteiger partial charge in [-0.2, -0.15) is 9.65 Å². The van der Waals surface area contributed by atoms with Gasteiger partial charge in [-0.15, -0.1) is 0 Å². The summed E-state index contributed by atoms with van der Waals surface area (Å²) < 4.78 is 14.8. The highest BCUT2D eigenvalue weighted by Gasteiger charge is 2.24. The van der Waals surface area contributed by atoms with E-state index in [0.717, 1.165) is 5.56 Å². The Labute approximate surface area is 176 Å².